The van der Waals surface area contributed by atoms with Gasteiger partial charge in [0.15, 0.2) is 25.2 Å². The molecule has 412 valence electrons. The summed E-state index contributed by atoms with van der Waals surface area (Å²) in [6.45, 7) is 14.8. The Balaban J connectivity index is 0.837. The number of fused-ring (bicyclic) bond motifs is 5. The molecule has 0 radical (unpaired) electrons. The third kappa shape index (κ3) is 10.4. The van der Waals surface area contributed by atoms with Crippen molar-refractivity contribution >= 4 is 5.97 Å². The number of methoxy groups -OCH3 is 3. The van der Waals surface area contributed by atoms with Gasteiger partial charge in [-0.2, -0.15) is 0 Å². The molecule has 0 spiro atoms. The molecule has 19 nitrogen and oxygen atoms in total. The van der Waals surface area contributed by atoms with Gasteiger partial charge in [-0.25, -0.2) is 4.79 Å². The average Bonchev–Trinajstić information content (AvgIpc) is 3.65. The summed E-state index contributed by atoms with van der Waals surface area (Å²) in [5.74, 6) is -0.459. The van der Waals surface area contributed by atoms with Crippen LogP contribution in [0, 0.1) is 28.6 Å². The van der Waals surface area contributed by atoms with Crippen molar-refractivity contribution in [2.75, 3.05) is 27.9 Å². The molecular formula is C53H86O19. The lowest BCUT2D eigenvalue weighted by Gasteiger charge is -2.63. The molecule has 8 rings (SSSR count). The first kappa shape index (κ1) is 56.5. The number of ether oxygens (including phenoxy) is 12. The highest BCUT2D eigenvalue weighted by molar-refractivity contribution is 5.87. The van der Waals surface area contributed by atoms with Crippen LogP contribution in [0.25, 0.3) is 0 Å². The standard InChI is InChI=1S/C53H86O19/c1-12-25(2)49(59)67-26(3)32-16-18-53(60)33-14-13-30-19-31(15-17-51(30,7)34(33)20-39(55)52(32,53)8)68-40-21-35(61-9)46(27(4)64-40)70-41-22-36(62-10)47(28(5)65-41)71-42-23-37(63-11)48(29(6)66-42)72-50-45(58)44(57)43(56)38(24-54)69-50/h12-13,26-29,31-48,50,54-58,60H,14-24H2,1-11H3/b25-12+/t26?,27-,28-,29-,31+,32-,33-,34+,35+,36+,37-,38-,39-,40+,41+,42+,43-,44+,45-,46-,47-,48-,50+,51+,52+,53+/m1/s1. The minimum absolute atomic E-state index is 0.0248. The van der Waals surface area contributed by atoms with E-state index < -0.39 is 128 Å². The molecule has 19 heteroatoms. The quantitative estimate of drug-likeness (QED) is 0.0782. The van der Waals surface area contributed by atoms with Crippen LogP contribution in [0.4, 0.5) is 0 Å². The largest absolute Gasteiger partial charge is 0.459 e. The molecule has 6 N–H and O–H groups in total. The lowest BCUT2D eigenvalue weighted by Crippen LogP contribution is -2.66. The number of aliphatic hydroxyl groups excluding tert-OH is 5. The Kier molecular flexibility index (Phi) is 17.8. The Morgan fingerprint density at radius 1 is 0.750 bits per heavy atom. The fraction of sp³-hybridized carbons (Fsp3) is 0.906. The molecule has 4 saturated heterocycles. The summed E-state index contributed by atoms with van der Waals surface area (Å²) in [5.41, 5.74) is -0.256. The van der Waals surface area contributed by atoms with Crippen LogP contribution >= 0.6 is 0 Å². The van der Waals surface area contributed by atoms with Gasteiger partial charge in [-0.15, -0.1) is 0 Å². The Morgan fingerprint density at radius 2 is 1.29 bits per heavy atom. The molecule has 1 unspecified atom stereocenters. The maximum absolute atomic E-state index is 12.8. The van der Waals surface area contributed by atoms with E-state index in [2.05, 4.69) is 13.0 Å². The number of hydrogen-bond acceptors (Lipinski definition) is 19. The van der Waals surface area contributed by atoms with E-state index in [0.717, 1.165) is 25.7 Å². The minimum Gasteiger partial charge on any atom is -0.459 e. The van der Waals surface area contributed by atoms with Crippen molar-refractivity contribution in [2.45, 2.75) is 248 Å². The maximum Gasteiger partial charge on any atom is 0.333 e. The van der Waals surface area contributed by atoms with Crippen LogP contribution in [-0.4, -0.2) is 193 Å². The van der Waals surface area contributed by atoms with E-state index in [0.29, 0.717) is 37.7 Å². The van der Waals surface area contributed by atoms with Gasteiger partial charge >= 0.3 is 5.97 Å². The fourth-order valence-corrected chi connectivity index (χ4v) is 14.4. The molecule has 0 bridgehead atoms. The maximum atomic E-state index is 12.8. The number of aliphatic hydroxyl groups is 6. The summed E-state index contributed by atoms with van der Waals surface area (Å²) in [4.78, 5) is 12.8. The van der Waals surface area contributed by atoms with Crippen molar-refractivity contribution in [1.82, 2.24) is 0 Å². The summed E-state index contributed by atoms with van der Waals surface area (Å²) in [7, 11) is 4.80. The van der Waals surface area contributed by atoms with Crippen molar-refractivity contribution in [2.24, 2.45) is 28.6 Å². The van der Waals surface area contributed by atoms with E-state index in [9.17, 15) is 35.4 Å². The van der Waals surface area contributed by atoms with Gasteiger partial charge in [0, 0.05) is 57.5 Å². The molecule has 4 aliphatic carbocycles. The molecule has 0 amide bonds. The first-order valence-corrected chi connectivity index (χ1v) is 26.6. The molecule has 0 aromatic rings. The highest BCUT2D eigenvalue weighted by Gasteiger charge is 2.70. The molecule has 3 saturated carbocycles. The first-order chi connectivity index (χ1) is 34.1. The molecule has 7 fully saturated rings. The second kappa shape index (κ2) is 22.7. The topological polar surface area (TPSA) is 249 Å². The van der Waals surface area contributed by atoms with Gasteiger partial charge in [-0.3, -0.25) is 0 Å². The zero-order chi connectivity index (χ0) is 52.2. The average molecular weight is 1030 g/mol. The summed E-state index contributed by atoms with van der Waals surface area (Å²) in [5, 5.41) is 65.6. The van der Waals surface area contributed by atoms with Gasteiger partial charge in [0.25, 0.3) is 0 Å². The highest BCUT2D eigenvalue weighted by Crippen LogP contribution is 2.68. The van der Waals surface area contributed by atoms with E-state index in [1.807, 2.05) is 34.6 Å². The molecule has 26 atom stereocenters. The van der Waals surface area contributed by atoms with Gasteiger partial charge in [0.05, 0.1) is 61.0 Å². The Morgan fingerprint density at radius 3 is 1.82 bits per heavy atom. The van der Waals surface area contributed by atoms with Gasteiger partial charge < -0.3 is 87.5 Å². The van der Waals surface area contributed by atoms with Crippen LogP contribution in [0.2, 0.25) is 0 Å². The SMILES string of the molecule is C/C=C(\C)C(=O)OC(C)[C@H]1CC[C@]2(O)[C@@H]3CC=C4C[C@@H](O[C@H]5C[C@H](OC)[C@H](O[C@H]6C[C@H](OC)[C@H](O[C@H]7C[C@@H](OC)[C@H](O[C@@H]8O[C@H](CO)[C@@H](O)[C@H](O)[C@H]8O)[C@@H](C)O7)[C@@H](C)O6)[C@@H](C)O5)CC[C@]4(C)[C@H]3C[C@@H](O)[C@]12C. The molecule has 72 heavy (non-hydrogen) atoms. The zero-order valence-electron chi connectivity index (χ0n) is 44.2. The Labute approximate surface area is 425 Å². The van der Waals surface area contributed by atoms with Gasteiger partial charge in [0.2, 0.25) is 0 Å². The molecule has 4 aliphatic heterocycles. The summed E-state index contributed by atoms with van der Waals surface area (Å²) >= 11 is 0. The number of hydrogen-bond donors (Lipinski definition) is 6. The summed E-state index contributed by atoms with van der Waals surface area (Å²) in [6, 6.07) is 0. The monoisotopic (exact) mass is 1030 g/mol. The third-order valence-corrected chi connectivity index (χ3v) is 18.9. The van der Waals surface area contributed by atoms with Gasteiger partial charge in [-0.05, 0) is 104 Å². The van der Waals surface area contributed by atoms with E-state index in [1.54, 1.807) is 34.1 Å². The van der Waals surface area contributed by atoms with Crippen LogP contribution in [0.5, 0.6) is 0 Å². The highest BCUT2D eigenvalue weighted by atomic mass is 16.8. The summed E-state index contributed by atoms with van der Waals surface area (Å²) < 4.78 is 74.6. The Bertz CT molecular complexity index is 1900. The van der Waals surface area contributed by atoms with Crippen LogP contribution in [0.15, 0.2) is 23.3 Å². The van der Waals surface area contributed by atoms with Crippen LogP contribution in [0.3, 0.4) is 0 Å². The number of rotatable bonds is 15. The van der Waals surface area contributed by atoms with Gasteiger partial charge in [0.1, 0.15) is 48.8 Å². The molecule has 8 aliphatic rings. The van der Waals surface area contributed by atoms with E-state index in [4.69, 9.17) is 56.8 Å². The number of carbonyl (C=O) groups excluding carboxylic acids is 1. The fourth-order valence-electron chi connectivity index (χ4n) is 14.4. The lowest BCUT2D eigenvalue weighted by atomic mass is 9.45. The van der Waals surface area contributed by atoms with Crippen molar-refractivity contribution in [1.29, 1.82) is 0 Å². The van der Waals surface area contributed by atoms with Crippen molar-refractivity contribution in [3.63, 3.8) is 0 Å². The molecular weight excluding hydrogens is 941 g/mol. The Hall–Kier alpha value is -1.73. The van der Waals surface area contributed by atoms with Crippen LogP contribution in [0.1, 0.15) is 120 Å². The second-order valence-corrected chi connectivity index (χ2v) is 22.6. The number of esters is 1. The number of carbonyl (C=O) groups is 1. The van der Waals surface area contributed by atoms with E-state index in [1.165, 1.54) is 12.7 Å². The first-order valence-electron chi connectivity index (χ1n) is 26.6. The van der Waals surface area contributed by atoms with Crippen molar-refractivity contribution in [3.05, 3.63) is 23.3 Å². The zero-order valence-corrected chi connectivity index (χ0v) is 44.2. The lowest BCUT2D eigenvalue weighted by molar-refractivity contribution is -0.357. The van der Waals surface area contributed by atoms with Gasteiger partial charge in [-0.1, -0.05) is 31.6 Å². The van der Waals surface area contributed by atoms with E-state index >= 15 is 0 Å². The van der Waals surface area contributed by atoms with Crippen molar-refractivity contribution in [3.8, 4) is 0 Å². The number of allylic oxidation sites excluding steroid dienone is 2. The summed E-state index contributed by atoms with van der Waals surface area (Å²) in [6.07, 6.45) is -4.98. The normalized spacial score (nSPS) is 50.3. The van der Waals surface area contributed by atoms with Crippen LogP contribution in [-0.2, 0) is 61.6 Å². The molecule has 4 heterocycles. The predicted octanol–water partition coefficient (Wildman–Crippen LogP) is 3.34. The molecule has 0 aromatic heterocycles. The minimum atomic E-state index is -1.59. The third-order valence-electron chi connectivity index (χ3n) is 18.9. The van der Waals surface area contributed by atoms with E-state index in [-0.39, 0.29) is 47.8 Å². The second-order valence-electron chi connectivity index (χ2n) is 22.6. The van der Waals surface area contributed by atoms with Crippen LogP contribution < -0.4 is 0 Å². The van der Waals surface area contributed by atoms with Crippen molar-refractivity contribution < 1.29 is 92.3 Å². The molecule has 0 aromatic carbocycles. The predicted molar refractivity (Wildman–Crippen MR) is 256 cm³/mol. The smallest absolute Gasteiger partial charge is 0.333 e.